The Morgan fingerprint density at radius 1 is 1.23 bits per heavy atom. The summed E-state index contributed by atoms with van der Waals surface area (Å²) in [4.78, 5) is 14.8. The van der Waals surface area contributed by atoms with Crippen molar-refractivity contribution in [3.63, 3.8) is 0 Å². The van der Waals surface area contributed by atoms with Crippen molar-refractivity contribution in [2.24, 2.45) is 0 Å². The van der Waals surface area contributed by atoms with Crippen LogP contribution < -0.4 is 14.2 Å². The zero-order valence-electron chi connectivity index (χ0n) is 18.0. The highest BCUT2D eigenvalue weighted by molar-refractivity contribution is 7.19. The highest BCUT2D eigenvalue weighted by atomic mass is 32.1. The number of fused-ring (bicyclic) bond motifs is 1. The molecule has 1 aromatic carbocycles. The van der Waals surface area contributed by atoms with Crippen LogP contribution in [0, 0.1) is 0 Å². The highest BCUT2D eigenvalue weighted by Gasteiger charge is 2.26. The molecule has 1 aliphatic rings. The Kier molecular flexibility index (Phi) is 6.23. The van der Waals surface area contributed by atoms with Gasteiger partial charge in [0, 0.05) is 18.0 Å². The lowest BCUT2D eigenvalue weighted by atomic mass is 9.98. The van der Waals surface area contributed by atoms with Gasteiger partial charge in [0.2, 0.25) is 10.7 Å². The van der Waals surface area contributed by atoms with Gasteiger partial charge in [-0.1, -0.05) is 11.3 Å². The van der Waals surface area contributed by atoms with E-state index in [-0.39, 0.29) is 12.4 Å². The standard InChI is InChI=1S/C20H25N5O5S/c1-5-29-20(26)30-16-14(27-3)9-13(10-15(16)28-4)18-23-25-17(21-22-19(25)31-18)12-7-6-8-24(2)11-12/h9-10,12H,5-8,11H2,1-4H3. The molecule has 0 aliphatic carbocycles. The Bertz CT molecular complexity index is 1060. The van der Waals surface area contributed by atoms with E-state index in [9.17, 15) is 4.79 Å². The molecular formula is C20H25N5O5S. The van der Waals surface area contributed by atoms with Crippen molar-refractivity contribution >= 4 is 22.5 Å². The summed E-state index contributed by atoms with van der Waals surface area (Å²) in [6, 6.07) is 3.49. The number of nitrogens with zero attached hydrogens (tertiary/aromatic N) is 5. The number of hydrogen-bond acceptors (Lipinski definition) is 10. The molecule has 2 aromatic heterocycles. The minimum Gasteiger partial charge on any atom is -0.493 e. The molecule has 1 saturated heterocycles. The minimum absolute atomic E-state index is 0.154. The summed E-state index contributed by atoms with van der Waals surface area (Å²) in [5.41, 5.74) is 0.757. The second-order valence-electron chi connectivity index (χ2n) is 7.26. The van der Waals surface area contributed by atoms with Crippen LogP contribution in [-0.2, 0) is 4.74 Å². The molecule has 4 rings (SSSR count). The van der Waals surface area contributed by atoms with E-state index in [0.717, 1.165) is 47.3 Å². The third kappa shape index (κ3) is 4.28. The van der Waals surface area contributed by atoms with Gasteiger partial charge in [-0.15, -0.1) is 10.2 Å². The second-order valence-corrected chi connectivity index (χ2v) is 8.21. The molecule has 11 heteroatoms. The number of ether oxygens (including phenoxy) is 4. The number of rotatable bonds is 6. The fourth-order valence-corrected chi connectivity index (χ4v) is 4.55. The molecule has 166 valence electrons. The van der Waals surface area contributed by atoms with E-state index >= 15 is 0 Å². The molecule has 0 N–H and O–H groups in total. The zero-order valence-corrected chi connectivity index (χ0v) is 18.8. The lowest BCUT2D eigenvalue weighted by Gasteiger charge is -2.28. The molecule has 10 nitrogen and oxygen atoms in total. The van der Waals surface area contributed by atoms with Crippen molar-refractivity contribution in [1.29, 1.82) is 0 Å². The van der Waals surface area contributed by atoms with E-state index in [2.05, 4.69) is 22.1 Å². The average Bonchev–Trinajstić information content (AvgIpc) is 3.35. The quantitative estimate of drug-likeness (QED) is 0.416. The maximum atomic E-state index is 11.8. The van der Waals surface area contributed by atoms with Crippen LogP contribution in [0.1, 0.15) is 31.5 Å². The molecule has 1 aliphatic heterocycles. The fraction of sp³-hybridized carbons (Fsp3) is 0.500. The summed E-state index contributed by atoms with van der Waals surface area (Å²) in [5, 5.41) is 14.2. The van der Waals surface area contributed by atoms with E-state index in [0.29, 0.717) is 17.4 Å². The third-order valence-corrected chi connectivity index (χ3v) is 6.11. The Hall–Kier alpha value is -2.92. The molecule has 1 fully saturated rings. The number of likely N-dealkylation sites (tertiary alicyclic amines) is 1. The maximum absolute atomic E-state index is 11.8. The topological polar surface area (TPSA) is 100 Å². The first-order valence-electron chi connectivity index (χ1n) is 10.1. The number of hydrogen-bond donors (Lipinski definition) is 0. The lowest BCUT2D eigenvalue weighted by Crippen LogP contribution is -2.31. The van der Waals surface area contributed by atoms with Crippen molar-refractivity contribution in [3.05, 3.63) is 18.0 Å². The van der Waals surface area contributed by atoms with Gasteiger partial charge in [0.15, 0.2) is 17.3 Å². The fourth-order valence-electron chi connectivity index (χ4n) is 3.72. The van der Waals surface area contributed by atoms with E-state index in [1.807, 2.05) is 4.52 Å². The predicted molar refractivity (Wildman–Crippen MR) is 114 cm³/mol. The molecule has 0 amide bonds. The first-order chi connectivity index (χ1) is 15.0. The molecular weight excluding hydrogens is 422 g/mol. The molecule has 0 spiro atoms. The average molecular weight is 448 g/mol. The molecule has 31 heavy (non-hydrogen) atoms. The number of carbonyl (C=O) groups excluding carboxylic acids is 1. The van der Waals surface area contributed by atoms with Crippen LogP contribution in [0.2, 0.25) is 0 Å². The van der Waals surface area contributed by atoms with Crippen molar-refractivity contribution in [2.75, 3.05) is 41.0 Å². The molecule has 0 bridgehead atoms. The van der Waals surface area contributed by atoms with Gasteiger partial charge in [-0.2, -0.15) is 9.61 Å². The third-order valence-electron chi connectivity index (χ3n) is 5.16. The van der Waals surface area contributed by atoms with Crippen molar-refractivity contribution in [2.45, 2.75) is 25.7 Å². The number of aromatic nitrogens is 4. The molecule has 3 heterocycles. The Labute approximate surface area is 183 Å². The molecule has 3 aromatic rings. The summed E-state index contributed by atoms with van der Waals surface area (Å²) in [6.07, 6.45) is 1.37. The first-order valence-corrected chi connectivity index (χ1v) is 10.9. The van der Waals surface area contributed by atoms with Crippen LogP contribution in [0.3, 0.4) is 0 Å². The van der Waals surface area contributed by atoms with E-state index in [1.165, 1.54) is 25.6 Å². The second kappa shape index (κ2) is 9.06. The number of likely N-dealkylation sites (N-methyl/N-ethyl adjacent to an activating group) is 1. The molecule has 0 saturated carbocycles. The van der Waals surface area contributed by atoms with E-state index < -0.39 is 6.16 Å². The molecule has 0 radical (unpaired) electrons. The van der Waals surface area contributed by atoms with Crippen LogP contribution in [0.25, 0.3) is 15.5 Å². The smallest absolute Gasteiger partial charge is 0.493 e. The normalized spacial score (nSPS) is 17.0. The van der Waals surface area contributed by atoms with Gasteiger partial charge >= 0.3 is 6.16 Å². The summed E-state index contributed by atoms with van der Waals surface area (Å²) >= 11 is 1.42. The molecule has 1 unspecified atom stereocenters. The van der Waals surface area contributed by atoms with Crippen molar-refractivity contribution < 1.29 is 23.7 Å². The predicted octanol–water partition coefficient (Wildman–Crippen LogP) is 3.21. The number of benzene rings is 1. The number of carbonyl (C=O) groups is 1. The van der Waals surface area contributed by atoms with Gasteiger partial charge in [0.05, 0.1) is 20.8 Å². The minimum atomic E-state index is -0.826. The van der Waals surface area contributed by atoms with Crippen LogP contribution in [0.4, 0.5) is 4.79 Å². The van der Waals surface area contributed by atoms with Crippen LogP contribution in [0.15, 0.2) is 12.1 Å². The van der Waals surface area contributed by atoms with Gasteiger partial charge in [-0.3, -0.25) is 0 Å². The summed E-state index contributed by atoms with van der Waals surface area (Å²) in [7, 11) is 5.11. The first kappa shape index (κ1) is 21.3. The van der Waals surface area contributed by atoms with Gasteiger partial charge in [-0.25, -0.2) is 4.79 Å². The van der Waals surface area contributed by atoms with E-state index in [1.54, 1.807) is 19.1 Å². The summed E-state index contributed by atoms with van der Waals surface area (Å²) in [5.74, 6) is 2.00. The Morgan fingerprint density at radius 2 is 1.97 bits per heavy atom. The number of piperidine rings is 1. The zero-order chi connectivity index (χ0) is 22.0. The SMILES string of the molecule is CCOC(=O)Oc1c(OC)cc(-c2nn3c(C4CCCN(C)C4)nnc3s2)cc1OC. The van der Waals surface area contributed by atoms with Crippen molar-refractivity contribution in [3.8, 4) is 27.8 Å². The largest absolute Gasteiger partial charge is 0.514 e. The number of methoxy groups -OCH3 is 2. The maximum Gasteiger partial charge on any atom is 0.514 e. The van der Waals surface area contributed by atoms with Crippen molar-refractivity contribution in [1.82, 2.24) is 24.7 Å². The molecule has 1 atom stereocenters. The van der Waals surface area contributed by atoms with Gasteiger partial charge < -0.3 is 23.8 Å². The lowest BCUT2D eigenvalue weighted by molar-refractivity contribution is 0.102. The summed E-state index contributed by atoms with van der Waals surface area (Å²) in [6.45, 7) is 3.94. The van der Waals surface area contributed by atoms with E-state index in [4.69, 9.17) is 24.0 Å². The Morgan fingerprint density at radius 3 is 2.61 bits per heavy atom. The van der Waals surface area contributed by atoms with Crippen LogP contribution in [0.5, 0.6) is 17.2 Å². The van der Waals surface area contributed by atoms with Gasteiger partial charge in [0.1, 0.15) is 5.01 Å². The van der Waals surface area contributed by atoms with Gasteiger partial charge in [0.25, 0.3) is 0 Å². The van der Waals surface area contributed by atoms with Gasteiger partial charge in [-0.05, 0) is 45.5 Å². The highest BCUT2D eigenvalue weighted by Crippen LogP contribution is 2.42. The van der Waals surface area contributed by atoms with Crippen LogP contribution >= 0.6 is 11.3 Å². The Balaban J connectivity index is 1.69. The monoisotopic (exact) mass is 447 g/mol. The summed E-state index contributed by atoms with van der Waals surface area (Å²) < 4.78 is 22.8. The van der Waals surface area contributed by atoms with Crippen LogP contribution in [-0.4, -0.2) is 71.8 Å².